The van der Waals surface area contributed by atoms with Crippen LogP contribution in [0.25, 0.3) is 11.0 Å². The van der Waals surface area contributed by atoms with Gasteiger partial charge in [0.05, 0.1) is 35.3 Å². The summed E-state index contributed by atoms with van der Waals surface area (Å²) in [6.45, 7) is 0. The molecule has 0 bridgehead atoms. The molecule has 1 heterocycles. The van der Waals surface area contributed by atoms with Crippen molar-refractivity contribution in [2.75, 3.05) is 0 Å². The van der Waals surface area contributed by atoms with Crippen LogP contribution < -0.4 is 5.69 Å². The average molecular weight is 488 g/mol. The van der Waals surface area contributed by atoms with E-state index in [-0.39, 0.29) is 17.8 Å². The SMILES string of the molecule is O=c1n(C2CCCCC2O)c2cc(Br)c(Br)cc2n1C1CCCCC1O. The Balaban J connectivity index is 1.95. The standard InChI is InChI=1S/C19H24Br2N2O3/c20-11-9-15-16(10-12(11)21)23(14-6-2-4-8-18(14)25)19(26)22(15)13-5-1-3-7-17(13)24/h9-10,13-14,17-18,24-25H,1-8H2. The Bertz CT molecular complexity index is 808. The van der Waals surface area contributed by atoms with Gasteiger partial charge < -0.3 is 10.2 Å². The van der Waals surface area contributed by atoms with E-state index in [1.165, 1.54) is 0 Å². The van der Waals surface area contributed by atoms with Crippen molar-refractivity contribution in [3.63, 3.8) is 0 Å². The molecule has 1 aromatic carbocycles. The van der Waals surface area contributed by atoms with Crippen LogP contribution in [-0.2, 0) is 0 Å². The summed E-state index contributed by atoms with van der Waals surface area (Å²) in [6, 6.07) is 3.50. The van der Waals surface area contributed by atoms with Crippen molar-refractivity contribution in [3.05, 3.63) is 31.6 Å². The van der Waals surface area contributed by atoms with Crippen molar-refractivity contribution in [1.82, 2.24) is 9.13 Å². The van der Waals surface area contributed by atoms with E-state index in [0.29, 0.717) is 0 Å². The number of aliphatic hydroxyl groups is 2. The monoisotopic (exact) mass is 486 g/mol. The van der Waals surface area contributed by atoms with Gasteiger partial charge in [0.2, 0.25) is 0 Å². The topological polar surface area (TPSA) is 67.4 Å². The van der Waals surface area contributed by atoms with Crippen LogP contribution in [0.15, 0.2) is 25.9 Å². The highest BCUT2D eigenvalue weighted by molar-refractivity contribution is 9.13. The second kappa shape index (κ2) is 7.41. The molecule has 0 radical (unpaired) electrons. The Morgan fingerprint density at radius 3 is 1.54 bits per heavy atom. The molecular weight excluding hydrogens is 464 g/mol. The fourth-order valence-electron chi connectivity index (χ4n) is 4.66. The summed E-state index contributed by atoms with van der Waals surface area (Å²) < 4.78 is 5.31. The van der Waals surface area contributed by atoms with Crippen LogP contribution in [0.4, 0.5) is 0 Å². The first kappa shape index (κ1) is 18.7. The Kier molecular flexibility index (Phi) is 5.34. The van der Waals surface area contributed by atoms with E-state index in [2.05, 4.69) is 31.9 Å². The molecule has 2 aliphatic carbocycles. The van der Waals surface area contributed by atoms with Gasteiger partial charge in [-0.1, -0.05) is 25.7 Å². The minimum Gasteiger partial charge on any atom is -0.391 e. The van der Waals surface area contributed by atoms with Crippen molar-refractivity contribution >= 4 is 42.9 Å². The molecule has 1 aromatic heterocycles. The van der Waals surface area contributed by atoms with Crippen molar-refractivity contribution in [3.8, 4) is 0 Å². The molecule has 2 saturated carbocycles. The summed E-state index contributed by atoms with van der Waals surface area (Å²) in [7, 11) is 0. The molecule has 4 unspecified atom stereocenters. The lowest BCUT2D eigenvalue weighted by molar-refractivity contribution is 0.0672. The van der Waals surface area contributed by atoms with Crippen LogP contribution in [0.2, 0.25) is 0 Å². The average Bonchev–Trinajstić information content (AvgIpc) is 2.88. The van der Waals surface area contributed by atoms with Gasteiger partial charge in [0, 0.05) is 8.95 Å². The van der Waals surface area contributed by atoms with Gasteiger partial charge in [-0.25, -0.2) is 4.79 Å². The molecule has 4 atom stereocenters. The lowest BCUT2D eigenvalue weighted by Gasteiger charge is -2.30. The van der Waals surface area contributed by atoms with Gasteiger partial charge in [-0.3, -0.25) is 9.13 Å². The Morgan fingerprint density at radius 2 is 1.15 bits per heavy atom. The largest absolute Gasteiger partial charge is 0.391 e. The molecule has 2 N–H and O–H groups in total. The number of aromatic nitrogens is 2. The van der Waals surface area contributed by atoms with E-state index < -0.39 is 12.2 Å². The Labute approximate surface area is 169 Å². The maximum absolute atomic E-state index is 13.5. The molecule has 4 rings (SSSR count). The van der Waals surface area contributed by atoms with E-state index in [1.807, 2.05) is 12.1 Å². The molecule has 0 spiro atoms. The number of benzene rings is 1. The predicted octanol–water partition coefficient (Wildman–Crippen LogP) is 4.28. The van der Waals surface area contributed by atoms with Gasteiger partial charge >= 0.3 is 5.69 Å². The second-order valence-electron chi connectivity index (χ2n) is 7.62. The van der Waals surface area contributed by atoms with Crippen LogP contribution in [0.5, 0.6) is 0 Å². The molecule has 26 heavy (non-hydrogen) atoms. The van der Waals surface area contributed by atoms with Crippen molar-refractivity contribution < 1.29 is 10.2 Å². The van der Waals surface area contributed by atoms with E-state index in [9.17, 15) is 15.0 Å². The number of hydrogen-bond acceptors (Lipinski definition) is 3. The van der Waals surface area contributed by atoms with Crippen LogP contribution in [0, 0.1) is 0 Å². The van der Waals surface area contributed by atoms with Crippen molar-refractivity contribution in [1.29, 1.82) is 0 Å². The molecule has 2 aromatic rings. The molecule has 142 valence electrons. The molecule has 0 aliphatic heterocycles. The maximum Gasteiger partial charge on any atom is 0.329 e. The zero-order valence-corrected chi connectivity index (χ0v) is 17.7. The highest BCUT2D eigenvalue weighted by Gasteiger charge is 2.33. The quantitative estimate of drug-likeness (QED) is 0.664. The van der Waals surface area contributed by atoms with Gasteiger partial charge in [-0.15, -0.1) is 0 Å². The smallest absolute Gasteiger partial charge is 0.329 e. The van der Waals surface area contributed by atoms with E-state index in [4.69, 9.17) is 0 Å². The third kappa shape index (κ3) is 3.11. The highest BCUT2D eigenvalue weighted by atomic mass is 79.9. The van der Waals surface area contributed by atoms with Crippen molar-refractivity contribution in [2.24, 2.45) is 0 Å². The first-order valence-electron chi connectivity index (χ1n) is 9.46. The molecule has 7 heteroatoms. The summed E-state index contributed by atoms with van der Waals surface area (Å²) in [5.74, 6) is 0. The molecule has 0 saturated heterocycles. The van der Waals surface area contributed by atoms with Crippen molar-refractivity contribution in [2.45, 2.75) is 75.7 Å². The van der Waals surface area contributed by atoms with Crippen LogP contribution in [-0.4, -0.2) is 31.6 Å². The molecular formula is C19H24Br2N2O3. The lowest BCUT2D eigenvalue weighted by atomic mass is 9.92. The van der Waals surface area contributed by atoms with Crippen LogP contribution >= 0.6 is 31.9 Å². The number of hydrogen-bond donors (Lipinski definition) is 2. The summed E-state index contributed by atoms with van der Waals surface area (Å²) in [5, 5.41) is 21.1. The summed E-state index contributed by atoms with van der Waals surface area (Å²) in [6.07, 6.45) is 6.11. The number of halogens is 2. The second-order valence-corrected chi connectivity index (χ2v) is 9.32. The maximum atomic E-state index is 13.5. The number of fused-ring (bicyclic) bond motifs is 1. The Hall–Kier alpha value is -0.630. The van der Waals surface area contributed by atoms with Gasteiger partial charge in [0.25, 0.3) is 0 Å². The lowest BCUT2D eigenvalue weighted by Crippen LogP contribution is -2.39. The van der Waals surface area contributed by atoms with Crippen LogP contribution in [0.3, 0.4) is 0 Å². The van der Waals surface area contributed by atoms with Gasteiger partial charge in [-0.05, 0) is 69.7 Å². The summed E-state index contributed by atoms with van der Waals surface area (Å²) in [5.41, 5.74) is 1.55. The first-order valence-corrected chi connectivity index (χ1v) is 11.0. The number of aliphatic hydroxyl groups excluding tert-OH is 2. The zero-order chi connectivity index (χ0) is 18.4. The highest BCUT2D eigenvalue weighted by Crippen LogP contribution is 2.37. The summed E-state index contributed by atoms with van der Waals surface area (Å²) in [4.78, 5) is 13.5. The first-order chi connectivity index (χ1) is 12.5. The van der Waals surface area contributed by atoms with E-state index in [1.54, 1.807) is 9.13 Å². The third-order valence-electron chi connectivity index (χ3n) is 6.00. The predicted molar refractivity (Wildman–Crippen MR) is 109 cm³/mol. The molecule has 2 aliphatic rings. The normalized spacial score (nSPS) is 30.0. The van der Waals surface area contributed by atoms with Gasteiger partial charge in [-0.2, -0.15) is 0 Å². The number of rotatable bonds is 2. The molecule has 2 fully saturated rings. The molecule has 5 nitrogen and oxygen atoms in total. The van der Waals surface area contributed by atoms with Crippen LogP contribution in [0.1, 0.15) is 63.5 Å². The number of imidazole rings is 1. The summed E-state index contributed by atoms with van der Waals surface area (Å²) >= 11 is 7.10. The fraction of sp³-hybridized carbons (Fsp3) is 0.632. The van der Waals surface area contributed by atoms with E-state index in [0.717, 1.165) is 71.3 Å². The Morgan fingerprint density at radius 1 is 0.769 bits per heavy atom. The van der Waals surface area contributed by atoms with E-state index >= 15 is 0 Å². The minimum absolute atomic E-state index is 0.109. The third-order valence-corrected chi connectivity index (χ3v) is 7.84. The minimum atomic E-state index is -0.501. The van der Waals surface area contributed by atoms with Gasteiger partial charge in [0.15, 0.2) is 0 Å². The number of nitrogens with zero attached hydrogens (tertiary/aromatic N) is 2. The molecule has 0 amide bonds. The fourth-order valence-corrected chi connectivity index (χ4v) is 5.32. The van der Waals surface area contributed by atoms with Gasteiger partial charge in [0.1, 0.15) is 0 Å². The zero-order valence-electron chi connectivity index (χ0n) is 14.6.